The Balaban J connectivity index is 2.47. The van der Waals surface area contributed by atoms with Gasteiger partial charge in [-0.25, -0.2) is 8.78 Å². The Bertz CT molecular complexity index is 715. The number of nitrogens with zero attached hydrogens (tertiary/aromatic N) is 1. The molecule has 2 rings (SSSR count). The average Bonchev–Trinajstić information content (AvgIpc) is 2.40. The van der Waals surface area contributed by atoms with Gasteiger partial charge >= 0.3 is 0 Å². The highest BCUT2D eigenvalue weighted by atomic mass is 79.9. The van der Waals surface area contributed by atoms with Crippen molar-refractivity contribution in [1.29, 1.82) is 5.26 Å². The zero-order valence-electron chi connectivity index (χ0n) is 10.4. The first-order chi connectivity index (χ1) is 9.93. The van der Waals surface area contributed by atoms with Crippen molar-refractivity contribution >= 4 is 37.6 Å². The molecule has 0 amide bonds. The minimum absolute atomic E-state index is 0.186. The molecule has 0 saturated heterocycles. The first kappa shape index (κ1) is 15.8. The highest BCUT2D eigenvalue weighted by Crippen LogP contribution is 2.27. The van der Waals surface area contributed by atoms with Crippen LogP contribution in [0.15, 0.2) is 45.3 Å². The molecule has 2 aromatic carbocycles. The number of hydrogen-bond donors (Lipinski definition) is 0. The maximum absolute atomic E-state index is 13.8. The van der Waals surface area contributed by atoms with Crippen LogP contribution >= 0.6 is 31.9 Å². The Morgan fingerprint density at radius 3 is 2.05 bits per heavy atom. The van der Waals surface area contributed by atoms with Gasteiger partial charge in [-0.05, 0) is 29.8 Å². The lowest BCUT2D eigenvalue weighted by Crippen LogP contribution is -2.15. The number of carbonyl (C=O) groups is 1. The Morgan fingerprint density at radius 2 is 1.57 bits per heavy atom. The van der Waals surface area contributed by atoms with Crippen molar-refractivity contribution in [1.82, 2.24) is 0 Å². The number of carbonyl (C=O) groups excluding carboxylic acids is 1. The predicted octanol–water partition coefficient (Wildman–Crippen LogP) is 4.98. The summed E-state index contributed by atoms with van der Waals surface area (Å²) in [4.78, 5) is 12.3. The number of Topliss-reactive ketones (excluding diaryl/α,β-unsaturated/α-hetero) is 1. The summed E-state index contributed by atoms with van der Waals surface area (Å²) in [6.45, 7) is 0. The summed E-state index contributed by atoms with van der Waals surface area (Å²) in [6.07, 6.45) is 0. The number of nitriles is 1. The van der Waals surface area contributed by atoms with E-state index in [1.165, 1.54) is 0 Å². The third kappa shape index (κ3) is 3.36. The second-order valence-corrected chi connectivity index (χ2v) is 6.05. The molecule has 0 saturated carbocycles. The second-order valence-electron chi connectivity index (χ2n) is 4.22. The Kier molecular flexibility index (Phi) is 4.86. The van der Waals surface area contributed by atoms with Crippen LogP contribution in [0.1, 0.15) is 21.8 Å². The molecule has 0 bridgehead atoms. The fourth-order valence-electron chi connectivity index (χ4n) is 1.86. The zero-order chi connectivity index (χ0) is 15.6. The van der Waals surface area contributed by atoms with Crippen LogP contribution < -0.4 is 0 Å². The summed E-state index contributed by atoms with van der Waals surface area (Å²) in [5.41, 5.74) is -0.319. The summed E-state index contributed by atoms with van der Waals surface area (Å²) in [6, 6.07) is 10.2. The fourth-order valence-corrected chi connectivity index (χ4v) is 2.53. The standard InChI is InChI=1S/C15H7Br2F2NO/c16-9-3-1-8(2-4-9)11(7-20)15(21)14-12(18)5-10(17)6-13(14)19/h1-6,11H. The molecule has 0 fully saturated rings. The van der Waals surface area contributed by atoms with Crippen molar-refractivity contribution in [3.63, 3.8) is 0 Å². The van der Waals surface area contributed by atoms with E-state index < -0.39 is 28.9 Å². The predicted molar refractivity (Wildman–Crippen MR) is 80.9 cm³/mol. The van der Waals surface area contributed by atoms with Gasteiger partial charge in [-0.15, -0.1) is 0 Å². The molecule has 0 aliphatic heterocycles. The van der Waals surface area contributed by atoms with Gasteiger partial charge in [0.15, 0.2) is 5.78 Å². The molecule has 0 heterocycles. The van der Waals surface area contributed by atoms with E-state index in [0.717, 1.165) is 16.6 Å². The molecule has 1 atom stereocenters. The van der Waals surface area contributed by atoms with Crippen LogP contribution in [0.4, 0.5) is 8.78 Å². The van der Waals surface area contributed by atoms with Crippen molar-refractivity contribution in [3.8, 4) is 6.07 Å². The van der Waals surface area contributed by atoms with Gasteiger partial charge in [-0.1, -0.05) is 44.0 Å². The maximum atomic E-state index is 13.8. The molecular weight excluding hydrogens is 408 g/mol. The van der Waals surface area contributed by atoms with E-state index in [2.05, 4.69) is 31.9 Å². The summed E-state index contributed by atoms with van der Waals surface area (Å²) in [7, 11) is 0. The third-order valence-corrected chi connectivity index (χ3v) is 3.83. The van der Waals surface area contributed by atoms with Crippen molar-refractivity contribution in [2.24, 2.45) is 0 Å². The lowest BCUT2D eigenvalue weighted by Gasteiger charge is -2.10. The van der Waals surface area contributed by atoms with E-state index in [1.807, 2.05) is 0 Å². The zero-order valence-corrected chi connectivity index (χ0v) is 13.6. The molecule has 0 spiro atoms. The fraction of sp³-hybridized carbons (Fsp3) is 0.0667. The lowest BCUT2D eigenvalue weighted by molar-refractivity contribution is 0.0970. The monoisotopic (exact) mass is 413 g/mol. The van der Waals surface area contributed by atoms with Crippen molar-refractivity contribution < 1.29 is 13.6 Å². The second kappa shape index (κ2) is 6.46. The van der Waals surface area contributed by atoms with Gasteiger partial charge in [0.2, 0.25) is 0 Å². The summed E-state index contributed by atoms with van der Waals surface area (Å²) >= 11 is 6.18. The SMILES string of the molecule is N#CC(C(=O)c1c(F)cc(Br)cc1F)c1ccc(Br)cc1. The summed E-state index contributed by atoms with van der Waals surface area (Å²) in [5.74, 6) is -4.15. The largest absolute Gasteiger partial charge is 0.292 e. The number of hydrogen-bond acceptors (Lipinski definition) is 2. The third-order valence-electron chi connectivity index (χ3n) is 2.85. The maximum Gasteiger partial charge on any atom is 0.190 e. The topological polar surface area (TPSA) is 40.9 Å². The van der Waals surface area contributed by atoms with Crippen LogP contribution in [-0.4, -0.2) is 5.78 Å². The van der Waals surface area contributed by atoms with Crippen molar-refractivity contribution in [2.45, 2.75) is 5.92 Å². The van der Waals surface area contributed by atoms with E-state index in [1.54, 1.807) is 30.3 Å². The normalized spacial score (nSPS) is 11.8. The van der Waals surface area contributed by atoms with Crippen molar-refractivity contribution in [2.75, 3.05) is 0 Å². The molecule has 0 aliphatic rings. The Morgan fingerprint density at radius 1 is 1.05 bits per heavy atom. The number of ketones is 1. The molecule has 2 aromatic rings. The van der Waals surface area contributed by atoms with Crippen molar-refractivity contribution in [3.05, 3.63) is 68.1 Å². The smallest absolute Gasteiger partial charge is 0.190 e. The highest BCUT2D eigenvalue weighted by molar-refractivity contribution is 9.10. The van der Waals surface area contributed by atoms with E-state index in [9.17, 15) is 18.8 Å². The van der Waals surface area contributed by atoms with Crippen LogP contribution in [0.25, 0.3) is 0 Å². The highest BCUT2D eigenvalue weighted by Gasteiger charge is 2.27. The molecule has 0 radical (unpaired) electrons. The lowest BCUT2D eigenvalue weighted by atomic mass is 9.91. The van der Waals surface area contributed by atoms with Gasteiger partial charge in [0.05, 0.1) is 11.6 Å². The van der Waals surface area contributed by atoms with Gasteiger partial charge in [-0.3, -0.25) is 4.79 Å². The molecule has 106 valence electrons. The van der Waals surface area contributed by atoms with Crippen LogP contribution in [0.3, 0.4) is 0 Å². The molecule has 0 aromatic heterocycles. The van der Waals surface area contributed by atoms with E-state index in [4.69, 9.17) is 0 Å². The quantitative estimate of drug-likeness (QED) is 0.664. The summed E-state index contributed by atoms with van der Waals surface area (Å²) in [5, 5.41) is 9.18. The molecule has 0 N–H and O–H groups in total. The van der Waals surface area contributed by atoms with Crippen LogP contribution in [-0.2, 0) is 0 Å². The van der Waals surface area contributed by atoms with E-state index >= 15 is 0 Å². The Hall–Kier alpha value is -1.58. The van der Waals surface area contributed by atoms with E-state index in [0.29, 0.717) is 5.56 Å². The molecule has 2 nitrogen and oxygen atoms in total. The minimum Gasteiger partial charge on any atom is -0.292 e. The van der Waals surface area contributed by atoms with Gasteiger partial charge in [0, 0.05) is 8.95 Å². The summed E-state index contributed by atoms with van der Waals surface area (Å²) < 4.78 is 28.6. The van der Waals surface area contributed by atoms with Gasteiger partial charge in [0.25, 0.3) is 0 Å². The Labute approximate surface area is 136 Å². The van der Waals surface area contributed by atoms with Crippen LogP contribution in [0.5, 0.6) is 0 Å². The average molecular weight is 415 g/mol. The number of rotatable bonds is 3. The van der Waals surface area contributed by atoms with Gasteiger partial charge < -0.3 is 0 Å². The first-order valence-corrected chi connectivity index (χ1v) is 7.36. The minimum atomic E-state index is -1.26. The molecular formula is C15H7Br2F2NO. The van der Waals surface area contributed by atoms with Gasteiger partial charge in [-0.2, -0.15) is 5.26 Å². The van der Waals surface area contributed by atoms with E-state index in [-0.39, 0.29) is 4.47 Å². The first-order valence-electron chi connectivity index (χ1n) is 5.78. The van der Waals surface area contributed by atoms with Crippen LogP contribution in [0.2, 0.25) is 0 Å². The molecule has 21 heavy (non-hydrogen) atoms. The molecule has 6 heteroatoms. The molecule has 1 unspecified atom stereocenters. The van der Waals surface area contributed by atoms with Gasteiger partial charge in [0.1, 0.15) is 17.6 Å². The van der Waals surface area contributed by atoms with Crippen LogP contribution in [0, 0.1) is 23.0 Å². The number of halogens is 4. The number of benzene rings is 2. The molecule has 0 aliphatic carbocycles.